The molecule has 12 heteroatoms. The minimum Gasteiger partial charge on any atom is -0.454 e. The molecule has 5 rings (SSSR count). The van der Waals surface area contributed by atoms with Crippen molar-refractivity contribution >= 4 is 33.5 Å². The summed E-state index contributed by atoms with van der Waals surface area (Å²) in [4.78, 5) is 66.0. The Labute approximate surface area is 262 Å². The third kappa shape index (κ3) is 6.82. The molecule has 4 aromatic carbocycles. The zero-order valence-electron chi connectivity index (χ0n) is 25.1. The van der Waals surface area contributed by atoms with Crippen LogP contribution < -0.4 is 17.1 Å². The van der Waals surface area contributed by atoms with Gasteiger partial charge in [0.1, 0.15) is 12.2 Å². The fourth-order valence-electron chi connectivity index (χ4n) is 5.15. The fourth-order valence-corrected chi connectivity index (χ4v) is 5.15. The number of hydrogen-bond donors (Lipinski definition) is 2. The zero-order valence-corrected chi connectivity index (χ0v) is 25.1. The second-order valence-corrected chi connectivity index (χ2v) is 10.8. The summed E-state index contributed by atoms with van der Waals surface area (Å²) in [6, 6.07) is 24.7. The first-order valence-corrected chi connectivity index (χ1v) is 14.8. The maximum atomic E-state index is 13.5. The number of aromatic nitrogens is 3. The van der Waals surface area contributed by atoms with Crippen molar-refractivity contribution in [2.45, 2.75) is 45.2 Å². The van der Waals surface area contributed by atoms with E-state index in [9.17, 15) is 34.2 Å². The highest BCUT2D eigenvalue weighted by Crippen LogP contribution is 2.18. The third-order valence-electron chi connectivity index (χ3n) is 7.53. The van der Waals surface area contributed by atoms with Gasteiger partial charge in [0, 0.05) is 6.54 Å². The summed E-state index contributed by atoms with van der Waals surface area (Å²) in [5.74, 6) is -1.55. The smallest absolute Gasteiger partial charge is 0.338 e. The normalized spacial score (nSPS) is 12.6. The van der Waals surface area contributed by atoms with Crippen molar-refractivity contribution in [3.8, 4) is 0 Å². The number of fused-ring (bicyclic) bond motifs is 2. The van der Waals surface area contributed by atoms with Crippen molar-refractivity contribution in [1.82, 2.24) is 13.7 Å². The Balaban J connectivity index is 1.40. The van der Waals surface area contributed by atoms with E-state index in [1.54, 1.807) is 43.3 Å². The standard InChI is InChI=1S/C34H33N3O9/c1-2-15-35-32(42)36(18-28(20-38)45-30(40)26-13-11-22-7-3-5-9-24(22)16-26)34(44)37(33(35)43)19-29(21-39)46-31(41)27-14-12-23-8-4-6-10-25(23)17-27/h3-14,16-17,28-29,38-39H,2,15,18-21H2,1H3. The molecule has 12 nitrogen and oxygen atoms in total. The molecule has 2 atom stereocenters. The zero-order chi connectivity index (χ0) is 32.8. The van der Waals surface area contributed by atoms with E-state index < -0.39 is 67.5 Å². The number of esters is 2. The third-order valence-corrected chi connectivity index (χ3v) is 7.53. The summed E-state index contributed by atoms with van der Waals surface area (Å²) >= 11 is 0. The van der Waals surface area contributed by atoms with Crippen molar-refractivity contribution in [2.24, 2.45) is 0 Å². The van der Waals surface area contributed by atoms with Gasteiger partial charge < -0.3 is 19.7 Å². The lowest BCUT2D eigenvalue weighted by Gasteiger charge is -2.21. The first kappa shape index (κ1) is 32.1. The Kier molecular flexibility index (Phi) is 9.89. The van der Waals surface area contributed by atoms with Gasteiger partial charge in [-0.3, -0.25) is 0 Å². The largest absolute Gasteiger partial charge is 0.454 e. The van der Waals surface area contributed by atoms with E-state index in [4.69, 9.17) is 9.47 Å². The Morgan fingerprint density at radius 3 is 1.39 bits per heavy atom. The van der Waals surface area contributed by atoms with E-state index in [-0.39, 0.29) is 17.7 Å². The quantitative estimate of drug-likeness (QED) is 0.198. The molecule has 0 saturated heterocycles. The number of nitrogens with zero attached hydrogens (tertiary/aromatic N) is 3. The van der Waals surface area contributed by atoms with E-state index >= 15 is 0 Å². The molecule has 2 unspecified atom stereocenters. The van der Waals surface area contributed by atoms with E-state index in [1.807, 2.05) is 48.5 Å². The first-order valence-electron chi connectivity index (χ1n) is 14.8. The average molecular weight is 628 g/mol. The highest BCUT2D eigenvalue weighted by Gasteiger charge is 2.24. The highest BCUT2D eigenvalue weighted by atomic mass is 16.6. The van der Waals surface area contributed by atoms with Crippen molar-refractivity contribution in [2.75, 3.05) is 13.2 Å². The molecular weight excluding hydrogens is 594 g/mol. The molecule has 0 aliphatic heterocycles. The van der Waals surface area contributed by atoms with Gasteiger partial charge in [-0.2, -0.15) is 0 Å². The molecule has 0 amide bonds. The number of ether oxygens (including phenoxy) is 2. The van der Waals surface area contributed by atoms with Gasteiger partial charge in [0.05, 0.1) is 37.4 Å². The predicted molar refractivity (Wildman–Crippen MR) is 170 cm³/mol. The highest BCUT2D eigenvalue weighted by molar-refractivity contribution is 5.96. The van der Waals surface area contributed by atoms with Crippen molar-refractivity contribution in [3.63, 3.8) is 0 Å². The summed E-state index contributed by atoms with van der Waals surface area (Å²) < 4.78 is 13.1. The molecule has 0 aliphatic carbocycles. The van der Waals surface area contributed by atoms with Gasteiger partial charge in [-0.25, -0.2) is 37.7 Å². The summed E-state index contributed by atoms with van der Waals surface area (Å²) in [6.07, 6.45) is -2.26. The van der Waals surface area contributed by atoms with Crippen molar-refractivity contribution < 1.29 is 29.3 Å². The molecule has 1 aromatic heterocycles. The maximum absolute atomic E-state index is 13.5. The predicted octanol–water partition coefficient (Wildman–Crippen LogP) is 2.32. The average Bonchev–Trinajstić information content (AvgIpc) is 3.08. The van der Waals surface area contributed by atoms with E-state index in [1.165, 1.54) is 0 Å². The number of carbonyl (C=O) groups excluding carboxylic acids is 2. The van der Waals surface area contributed by atoms with E-state index in [0.717, 1.165) is 26.1 Å². The van der Waals surface area contributed by atoms with Gasteiger partial charge in [0.25, 0.3) is 0 Å². The van der Waals surface area contributed by atoms with Gasteiger partial charge in [-0.05, 0) is 52.2 Å². The second-order valence-electron chi connectivity index (χ2n) is 10.8. The molecular formula is C34H33N3O9. The van der Waals surface area contributed by atoms with Gasteiger partial charge in [-0.1, -0.05) is 67.6 Å². The summed E-state index contributed by atoms with van der Waals surface area (Å²) in [5.41, 5.74) is -2.58. The van der Waals surface area contributed by atoms with Gasteiger partial charge >= 0.3 is 29.0 Å². The summed E-state index contributed by atoms with van der Waals surface area (Å²) in [6.45, 7) is -0.869. The van der Waals surface area contributed by atoms with Crippen LogP contribution in [-0.4, -0.2) is 61.3 Å². The number of rotatable bonds is 12. The molecule has 0 saturated carbocycles. The Morgan fingerprint density at radius 2 is 1.00 bits per heavy atom. The van der Waals surface area contributed by atoms with Crippen LogP contribution in [0.1, 0.15) is 34.1 Å². The number of hydrogen-bond acceptors (Lipinski definition) is 9. The Bertz CT molecular complexity index is 1940. The van der Waals surface area contributed by atoms with Crippen LogP contribution in [0.3, 0.4) is 0 Å². The van der Waals surface area contributed by atoms with E-state index in [2.05, 4.69) is 0 Å². The number of benzene rings is 4. The van der Waals surface area contributed by atoms with Crippen molar-refractivity contribution in [1.29, 1.82) is 0 Å². The van der Waals surface area contributed by atoms with Crippen LogP contribution in [-0.2, 0) is 29.1 Å². The number of aliphatic hydroxyl groups is 2. The Hall–Kier alpha value is -5.33. The monoisotopic (exact) mass is 627 g/mol. The van der Waals surface area contributed by atoms with Crippen LogP contribution in [0.15, 0.2) is 99.3 Å². The topological polar surface area (TPSA) is 159 Å². The van der Waals surface area contributed by atoms with Crippen LogP contribution in [0.4, 0.5) is 0 Å². The lowest BCUT2D eigenvalue weighted by molar-refractivity contribution is 0.00546. The summed E-state index contributed by atoms with van der Waals surface area (Å²) in [5, 5.41) is 23.5. The Morgan fingerprint density at radius 1 is 0.609 bits per heavy atom. The van der Waals surface area contributed by atoms with Crippen LogP contribution >= 0.6 is 0 Å². The molecule has 0 spiro atoms. The molecule has 2 N–H and O–H groups in total. The molecule has 0 radical (unpaired) electrons. The second kappa shape index (κ2) is 14.2. The fraction of sp³-hybridized carbons (Fsp3) is 0.265. The maximum Gasteiger partial charge on any atom is 0.338 e. The molecule has 5 aromatic rings. The van der Waals surface area contributed by atoms with Crippen molar-refractivity contribution in [3.05, 3.63) is 128 Å². The van der Waals surface area contributed by atoms with Crippen LogP contribution in [0.5, 0.6) is 0 Å². The molecule has 238 valence electrons. The number of carbonyl (C=O) groups is 2. The van der Waals surface area contributed by atoms with Gasteiger partial charge in [0.15, 0.2) is 0 Å². The summed E-state index contributed by atoms with van der Waals surface area (Å²) in [7, 11) is 0. The van der Waals surface area contributed by atoms with Gasteiger partial charge in [0.2, 0.25) is 0 Å². The minimum atomic E-state index is -1.32. The lowest BCUT2D eigenvalue weighted by Crippen LogP contribution is -2.57. The number of aliphatic hydroxyl groups excluding tert-OH is 2. The van der Waals surface area contributed by atoms with Crippen LogP contribution in [0.2, 0.25) is 0 Å². The molecule has 0 bridgehead atoms. The lowest BCUT2D eigenvalue weighted by atomic mass is 10.1. The molecule has 46 heavy (non-hydrogen) atoms. The van der Waals surface area contributed by atoms with Gasteiger partial charge in [-0.15, -0.1) is 0 Å². The van der Waals surface area contributed by atoms with E-state index in [0.29, 0.717) is 15.6 Å². The molecule has 0 fully saturated rings. The minimum absolute atomic E-state index is 0.0424. The SMILES string of the molecule is CCCn1c(=O)n(CC(CO)OC(=O)c2ccc3ccccc3c2)c(=O)n(CC(CO)OC(=O)c2ccc3ccccc3c2)c1=O. The molecule has 0 aliphatic rings. The first-order chi connectivity index (χ1) is 22.2. The van der Waals surface area contributed by atoms with Crippen LogP contribution in [0.25, 0.3) is 21.5 Å². The molecule has 1 heterocycles. The van der Waals surface area contributed by atoms with Crippen LogP contribution in [0, 0.1) is 0 Å².